The van der Waals surface area contributed by atoms with Gasteiger partial charge in [-0.1, -0.05) is 36.0 Å². The molecule has 0 radical (unpaired) electrons. The van der Waals surface area contributed by atoms with Crippen LogP contribution in [-0.4, -0.2) is 34.0 Å². The number of nitrogens with one attached hydrogen (secondary N) is 1. The first-order valence-corrected chi connectivity index (χ1v) is 10.7. The van der Waals surface area contributed by atoms with Crippen LogP contribution in [0.15, 0.2) is 58.2 Å². The number of thioether (sulfide) groups is 1. The minimum Gasteiger partial charge on any atom is -0.495 e. The monoisotopic (exact) mass is 426 g/mol. The van der Waals surface area contributed by atoms with E-state index in [1.54, 1.807) is 30.6 Å². The van der Waals surface area contributed by atoms with E-state index in [4.69, 9.17) is 9.15 Å². The number of amides is 1. The topological polar surface area (TPSA) is 90.1 Å². The number of benzene rings is 2. The number of ether oxygens (including phenoxy) is 1. The molecule has 29 heavy (non-hydrogen) atoms. The zero-order chi connectivity index (χ0) is 20.1. The molecule has 2 aromatic carbocycles. The van der Waals surface area contributed by atoms with E-state index >= 15 is 0 Å². The molecule has 0 saturated carbocycles. The van der Waals surface area contributed by atoms with Gasteiger partial charge in [-0.15, -0.1) is 21.5 Å². The third-order valence-electron chi connectivity index (χ3n) is 4.05. The van der Waals surface area contributed by atoms with Crippen molar-refractivity contribution in [3.63, 3.8) is 0 Å². The number of hydrogen-bond donors (Lipinski definition) is 1. The molecule has 4 aromatic rings. The van der Waals surface area contributed by atoms with Gasteiger partial charge in [0.1, 0.15) is 5.75 Å². The maximum Gasteiger partial charge on any atom is 0.277 e. The maximum atomic E-state index is 12.2. The Hall–Kier alpha value is -2.91. The maximum absolute atomic E-state index is 12.2. The van der Waals surface area contributed by atoms with Crippen LogP contribution in [0.5, 0.6) is 5.75 Å². The standard InChI is InChI=1S/C20H18N4O3S2/c1-26-15-8-4-2-6-13(15)21-17(25)12-28-20-24-23-18(27-20)10-11-19-22-14-7-3-5-9-16(14)29-19/h2-9H,10-12H2,1H3,(H,21,25). The Labute approximate surface area is 175 Å². The van der Waals surface area contributed by atoms with Gasteiger partial charge in [0.2, 0.25) is 11.8 Å². The number of fused-ring (bicyclic) bond motifs is 1. The molecule has 1 N–H and O–H groups in total. The number of rotatable bonds is 8. The zero-order valence-electron chi connectivity index (χ0n) is 15.6. The van der Waals surface area contributed by atoms with Crippen molar-refractivity contribution in [2.75, 3.05) is 18.2 Å². The SMILES string of the molecule is COc1ccccc1NC(=O)CSc1nnc(CCc2nc3ccccc3s2)o1. The van der Waals surface area contributed by atoms with E-state index in [0.717, 1.165) is 16.9 Å². The molecule has 0 spiro atoms. The van der Waals surface area contributed by atoms with Crippen LogP contribution in [-0.2, 0) is 17.6 Å². The first kappa shape index (κ1) is 19.4. The molecule has 0 aliphatic rings. The quantitative estimate of drug-likeness (QED) is 0.422. The molecule has 0 fully saturated rings. The van der Waals surface area contributed by atoms with E-state index in [9.17, 15) is 4.79 Å². The Morgan fingerprint density at radius 2 is 1.97 bits per heavy atom. The highest BCUT2D eigenvalue weighted by Crippen LogP contribution is 2.25. The van der Waals surface area contributed by atoms with Crippen molar-refractivity contribution in [2.45, 2.75) is 18.1 Å². The lowest BCUT2D eigenvalue weighted by Crippen LogP contribution is -2.14. The third kappa shape index (κ3) is 4.93. The van der Waals surface area contributed by atoms with Gasteiger partial charge in [-0.2, -0.15) is 0 Å². The predicted octanol–water partition coefficient (Wildman–Crippen LogP) is 4.20. The molecule has 7 nitrogen and oxygen atoms in total. The molecule has 2 aromatic heterocycles. The fraction of sp³-hybridized carbons (Fsp3) is 0.200. The first-order chi connectivity index (χ1) is 14.2. The fourth-order valence-electron chi connectivity index (χ4n) is 2.70. The number of carbonyl (C=O) groups is 1. The van der Waals surface area contributed by atoms with Crippen LogP contribution in [0.4, 0.5) is 5.69 Å². The summed E-state index contributed by atoms with van der Waals surface area (Å²) >= 11 is 2.87. The van der Waals surface area contributed by atoms with E-state index < -0.39 is 0 Å². The number of thiazole rings is 1. The summed E-state index contributed by atoms with van der Waals surface area (Å²) in [5.74, 6) is 1.14. The zero-order valence-corrected chi connectivity index (χ0v) is 17.3. The molecule has 0 aliphatic heterocycles. The second-order valence-corrected chi connectivity index (χ2v) is 8.12. The average molecular weight is 427 g/mol. The second-order valence-electron chi connectivity index (χ2n) is 6.07. The Bertz CT molecular complexity index is 1090. The van der Waals surface area contributed by atoms with Crippen molar-refractivity contribution in [3.8, 4) is 5.75 Å². The van der Waals surface area contributed by atoms with Crippen LogP contribution >= 0.6 is 23.1 Å². The Kier molecular flexibility index (Phi) is 6.06. The van der Waals surface area contributed by atoms with Crippen molar-refractivity contribution in [3.05, 3.63) is 59.4 Å². The Morgan fingerprint density at radius 3 is 2.83 bits per heavy atom. The molecule has 1 amide bonds. The number of aryl methyl sites for hydroxylation is 2. The smallest absolute Gasteiger partial charge is 0.277 e. The minimum atomic E-state index is -0.172. The first-order valence-electron chi connectivity index (χ1n) is 8.94. The summed E-state index contributed by atoms with van der Waals surface area (Å²) in [7, 11) is 1.56. The molecule has 0 aliphatic carbocycles. The van der Waals surface area contributed by atoms with Crippen molar-refractivity contribution in [1.82, 2.24) is 15.2 Å². The summed E-state index contributed by atoms with van der Waals surface area (Å²) in [6.07, 6.45) is 1.35. The number of aromatic nitrogens is 3. The molecule has 148 valence electrons. The van der Waals surface area contributed by atoms with Crippen LogP contribution < -0.4 is 10.1 Å². The van der Waals surface area contributed by atoms with Crippen LogP contribution in [0.3, 0.4) is 0 Å². The lowest BCUT2D eigenvalue weighted by atomic mass is 10.3. The van der Waals surface area contributed by atoms with Gasteiger partial charge in [0, 0.05) is 12.8 Å². The molecule has 0 saturated heterocycles. The van der Waals surface area contributed by atoms with Gasteiger partial charge in [0.05, 0.1) is 33.8 Å². The van der Waals surface area contributed by atoms with E-state index in [0.29, 0.717) is 29.0 Å². The summed E-state index contributed by atoms with van der Waals surface area (Å²) in [5.41, 5.74) is 1.64. The average Bonchev–Trinajstić information content (AvgIpc) is 3.37. The van der Waals surface area contributed by atoms with Crippen LogP contribution in [0.25, 0.3) is 10.2 Å². The van der Waals surface area contributed by atoms with E-state index in [1.807, 2.05) is 30.3 Å². The lowest BCUT2D eigenvalue weighted by Gasteiger charge is -2.08. The van der Waals surface area contributed by atoms with E-state index in [-0.39, 0.29) is 11.7 Å². The summed E-state index contributed by atoms with van der Waals surface area (Å²) in [5, 5.41) is 12.3. The van der Waals surface area contributed by atoms with Crippen molar-refractivity contribution in [2.24, 2.45) is 0 Å². The highest BCUT2D eigenvalue weighted by atomic mass is 32.2. The van der Waals surface area contributed by atoms with Crippen LogP contribution in [0.1, 0.15) is 10.9 Å². The summed E-state index contributed by atoms with van der Waals surface area (Å²) in [4.78, 5) is 16.8. The number of anilines is 1. The van der Waals surface area contributed by atoms with Gasteiger partial charge in [-0.3, -0.25) is 4.79 Å². The van der Waals surface area contributed by atoms with Gasteiger partial charge in [-0.05, 0) is 24.3 Å². The second kappa shape index (κ2) is 9.06. The van der Waals surface area contributed by atoms with E-state index in [2.05, 4.69) is 26.6 Å². The molecule has 0 atom stereocenters. The molecule has 4 rings (SSSR count). The highest BCUT2D eigenvalue weighted by molar-refractivity contribution is 7.99. The lowest BCUT2D eigenvalue weighted by molar-refractivity contribution is -0.113. The van der Waals surface area contributed by atoms with Gasteiger partial charge in [0.25, 0.3) is 5.22 Å². The van der Waals surface area contributed by atoms with E-state index in [1.165, 1.54) is 16.5 Å². The number of methoxy groups -OCH3 is 1. The largest absolute Gasteiger partial charge is 0.495 e. The number of carbonyl (C=O) groups excluding carboxylic acids is 1. The molecular weight excluding hydrogens is 408 g/mol. The van der Waals surface area contributed by atoms with Crippen molar-refractivity contribution >= 4 is 44.9 Å². The van der Waals surface area contributed by atoms with Crippen molar-refractivity contribution in [1.29, 1.82) is 0 Å². The summed E-state index contributed by atoms with van der Waals surface area (Å²) in [6, 6.07) is 15.3. The normalized spacial score (nSPS) is 10.9. The van der Waals surface area contributed by atoms with Crippen LogP contribution in [0, 0.1) is 0 Å². The van der Waals surface area contributed by atoms with Gasteiger partial charge in [-0.25, -0.2) is 4.98 Å². The molecule has 0 unspecified atom stereocenters. The molecular formula is C20H18N4O3S2. The van der Waals surface area contributed by atoms with Crippen molar-refractivity contribution < 1.29 is 13.9 Å². The number of hydrogen-bond acceptors (Lipinski definition) is 8. The number of nitrogens with zero attached hydrogens (tertiary/aromatic N) is 3. The summed E-state index contributed by atoms with van der Waals surface area (Å²) in [6.45, 7) is 0. The molecule has 9 heteroatoms. The van der Waals surface area contributed by atoms with Gasteiger partial charge in [0.15, 0.2) is 0 Å². The number of para-hydroxylation sites is 3. The summed E-state index contributed by atoms with van der Waals surface area (Å²) < 4.78 is 12.0. The Morgan fingerprint density at radius 1 is 1.14 bits per heavy atom. The minimum absolute atomic E-state index is 0.164. The molecule has 2 heterocycles. The Balaban J connectivity index is 1.28. The molecule has 0 bridgehead atoms. The third-order valence-corrected chi connectivity index (χ3v) is 5.96. The highest BCUT2D eigenvalue weighted by Gasteiger charge is 2.12. The van der Waals surface area contributed by atoms with Gasteiger partial charge < -0.3 is 14.5 Å². The fourth-order valence-corrected chi connectivity index (χ4v) is 4.25. The van der Waals surface area contributed by atoms with Crippen LogP contribution in [0.2, 0.25) is 0 Å². The van der Waals surface area contributed by atoms with Gasteiger partial charge >= 0.3 is 0 Å². The predicted molar refractivity (Wildman–Crippen MR) is 114 cm³/mol.